The van der Waals surface area contributed by atoms with Crippen molar-refractivity contribution in [2.75, 3.05) is 13.1 Å². The number of nitrogens with two attached hydrogens (primary N) is 1. The summed E-state index contributed by atoms with van der Waals surface area (Å²) in [5.74, 6) is 0.795. The molecule has 3 rings (SSSR count). The molecule has 0 radical (unpaired) electrons. The number of likely N-dealkylation sites (tertiary alicyclic amines) is 1. The largest absolute Gasteiger partial charge is 0.324 e. The summed E-state index contributed by atoms with van der Waals surface area (Å²) in [5, 5.41) is 0. The lowest BCUT2D eigenvalue weighted by Crippen LogP contribution is -2.32. The Hall–Kier alpha value is 0.200. The lowest BCUT2D eigenvalue weighted by Gasteiger charge is -2.17. The smallest absolute Gasteiger partial charge is 0.0328 e. The SMILES string of the molecule is Cc1ccc(CN2CC3CC3(N)C2)s1.Cl.Cl. The van der Waals surface area contributed by atoms with Gasteiger partial charge in [0.1, 0.15) is 0 Å². The number of thiophene rings is 1. The minimum absolute atomic E-state index is 0. The number of hydrogen-bond donors (Lipinski definition) is 1. The van der Waals surface area contributed by atoms with Gasteiger partial charge in [-0.3, -0.25) is 4.90 Å². The van der Waals surface area contributed by atoms with Gasteiger partial charge in [0.15, 0.2) is 0 Å². The molecular weight excluding hydrogens is 263 g/mol. The third-order valence-electron chi connectivity index (χ3n) is 3.45. The zero-order chi connectivity index (χ0) is 9.76. The van der Waals surface area contributed by atoms with Crippen molar-refractivity contribution < 1.29 is 0 Å². The van der Waals surface area contributed by atoms with E-state index in [1.54, 1.807) is 0 Å². The van der Waals surface area contributed by atoms with E-state index >= 15 is 0 Å². The Balaban J connectivity index is 0.000000640. The monoisotopic (exact) mass is 280 g/mol. The molecule has 1 saturated heterocycles. The molecule has 0 aromatic carbocycles. The standard InChI is InChI=1S/C11H16N2S.2ClH/c1-8-2-3-10(14-8)6-13-5-9-4-11(9,12)7-13;;/h2-3,9H,4-7,12H2,1H3;2*1H. The van der Waals surface area contributed by atoms with E-state index in [0.29, 0.717) is 0 Å². The Morgan fingerprint density at radius 1 is 1.50 bits per heavy atom. The third kappa shape index (κ3) is 2.54. The number of fused-ring (bicyclic) bond motifs is 1. The van der Waals surface area contributed by atoms with Crippen molar-refractivity contribution >= 4 is 36.2 Å². The van der Waals surface area contributed by atoms with Crippen molar-refractivity contribution in [2.24, 2.45) is 11.7 Å². The van der Waals surface area contributed by atoms with Crippen molar-refractivity contribution in [3.8, 4) is 0 Å². The molecule has 2 aliphatic rings. The van der Waals surface area contributed by atoms with E-state index in [1.165, 1.54) is 22.7 Å². The van der Waals surface area contributed by atoms with Crippen LogP contribution >= 0.6 is 36.2 Å². The first-order valence-corrected chi connectivity index (χ1v) is 6.04. The van der Waals surface area contributed by atoms with Crippen molar-refractivity contribution in [3.63, 3.8) is 0 Å². The van der Waals surface area contributed by atoms with Crippen molar-refractivity contribution in [1.29, 1.82) is 0 Å². The second kappa shape index (κ2) is 4.83. The summed E-state index contributed by atoms with van der Waals surface area (Å²) in [6.45, 7) is 5.59. The predicted molar refractivity (Wildman–Crippen MR) is 73.9 cm³/mol. The second-order valence-electron chi connectivity index (χ2n) is 4.82. The van der Waals surface area contributed by atoms with Gasteiger partial charge in [-0.25, -0.2) is 0 Å². The van der Waals surface area contributed by atoms with Gasteiger partial charge < -0.3 is 5.73 Å². The number of rotatable bonds is 2. The highest BCUT2D eigenvalue weighted by molar-refractivity contribution is 7.11. The van der Waals surface area contributed by atoms with E-state index in [1.807, 2.05) is 11.3 Å². The fourth-order valence-electron chi connectivity index (χ4n) is 2.54. The lowest BCUT2D eigenvalue weighted by atomic mass is 10.3. The molecule has 0 bridgehead atoms. The summed E-state index contributed by atoms with van der Waals surface area (Å²) in [5.41, 5.74) is 6.36. The molecule has 2 unspecified atom stereocenters. The molecule has 5 heteroatoms. The van der Waals surface area contributed by atoms with Gasteiger partial charge in [-0.05, 0) is 31.4 Å². The van der Waals surface area contributed by atoms with Gasteiger partial charge in [-0.1, -0.05) is 0 Å². The van der Waals surface area contributed by atoms with Crippen LogP contribution in [0.2, 0.25) is 0 Å². The van der Waals surface area contributed by atoms with Gasteiger partial charge in [0, 0.05) is 34.9 Å². The first-order chi connectivity index (χ1) is 6.66. The zero-order valence-electron chi connectivity index (χ0n) is 9.31. The fourth-order valence-corrected chi connectivity index (χ4v) is 3.48. The molecule has 2 fully saturated rings. The van der Waals surface area contributed by atoms with Crippen molar-refractivity contribution in [1.82, 2.24) is 4.90 Å². The van der Waals surface area contributed by atoms with Crippen LogP contribution in [0, 0.1) is 12.8 Å². The fraction of sp³-hybridized carbons (Fsp3) is 0.636. The molecule has 2 N–H and O–H groups in total. The van der Waals surface area contributed by atoms with E-state index in [-0.39, 0.29) is 30.4 Å². The first-order valence-electron chi connectivity index (χ1n) is 5.22. The molecule has 2 atom stereocenters. The summed E-state index contributed by atoms with van der Waals surface area (Å²) in [7, 11) is 0. The highest BCUT2D eigenvalue weighted by Gasteiger charge is 2.56. The van der Waals surface area contributed by atoms with Gasteiger partial charge in [0.05, 0.1) is 0 Å². The van der Waals surface area contributed by atoms with Crippen LogP contribution in [-0.4, -0.2) is 23.5 Å². The van der Waals surface area contributed by atoms with Gasteiger partial charge in [0.2, 0.25) is 0 Å². The Bertz CT molecular complexity index is 369. The molecule has 0 amide bonds. The molecule has 1 aliphatic carbocycles. The quantitative estimate of drug-likeness (QED) is 0.902. The summed E-state index contributed by atoms with van der Waals surface area (Å²) >= 11 is 1.91. The second-order valence-corrected chi connectivity index (χ2v) is 6.19. The lowest BCUT2D eigenvalue weighted by molar-refractivity contribution is 0.293. The normalized spacial score (nSPS) is 31.5. The summed E-state index contributed by atoms with van der Waals surface area (Å²) in [6.07, 6.45) is 1.26. The van der Waals surface area contributed by atoms with Gasteiger partial charge in [0.25, 0.3) is 0 Å². The topological polar surface area (TPSA) is 29.3 Å². The minimum atomic E-state index is 0. The highest BCUT2D eigenvalue weighted by Crippen LogP contribution is 2.47. The van der Waals surface area contributed by atoms with Gasteiger partial charge >= 0.3 is 0 Å². The summed E-state index contributed by atoms with van der Waals surface area (Å²) in [6, 6.07) is 4.45. The van der Waals surface area contributed by atoms with Crippen LogP contribution in [0.25, 0.3) is 0 Å². The average molecular weight is 281 g/mol. The van der Waals surface area contributed by atoms with Gasteiger partial charge in [-0.2, -0.15) is 0 Å². The molecule has 0 spiro atoms. The molecular formula is C11H18Cl2N2S. The Labute approximate surface area is 113 Å². The number of hydrogen-bond acceptors (Lipinski definition) is 3. The third-order valence-corrected chi connectivity index (χ3v) is 4.44. The molecule has 1 aromatic heterocycles. The molecule has 1 aromatic rings. The zero-order valence-corrected chi connectivity index (χ0v) is 11.8. The number of piperidine rings is 1. The van der Waals surface area contributed by atoms with E-state index in [9.17, 15) is 0 Å². The number of nitrogens with zero attached hydrogens (tertiary/aromatic N) is 1. The Morgan fingerprint density at radius 2 is 2.25 bits per heavy atom. The average Bonchev–Trinajstić information content (AvgIpc) is 2.46. The van der Waals surface area contributed by atoms with Crippen LogP contribution in [-0.2, 0) is 6.54 Å². The number of aryl methyl sites for hydroxylation is 1. The Kier molecular flexibility index (Phi) is 4.30. The minimum Gasteiger partial charge on any atom is -0.324 e. The molecule has 2 heterocycles. The van der Waals surface area contributed by atoms with Crippen LogP contribution in [0.5, 0.6) is 0 Å². The Morgan fingerprint density at radius 3 is 2.75 bits per heavy atom. The van der Waals surface area contributed by atoms with Crippen LogP contribution in [0.4, 0.5) is 0 Å². The van der Waals surface area contributed by atoms with Crippen LogP contribution in [0.1, 0.15) is 16.2 Å². The first kappa shape index (κ1) is 14.3. The molecule has 2 nitrogen and oxygen atoms in total. The van der Waals surface area contributed by atoms with Crippen LogP contribution in [0.15, 0.2) is 12.1 Å². The van der Waals surface area contributed by atoms with Crippen molar-refractivity contribution in [2.45, 2.75) is 25.4 Å². The van der Waals surface area contributed by atoms with Crippen LogP contribution < -0.4 is 5.73 Å². The summed E-state index contributed by atoms with van der Waals surface area (Å²) in [4.78, 5) is 5.39. The maximum atomic E-state index is 6.16. The van der Waals surface area contributed by atoms with E-state index in [4.69, 9.17) is 5.73 Å². The van der Waals surface area contributed by atoms with Crippen molar-refractivity contribution in [3.05, 3.63) is 21.9 Å². The highest BCUT2D eigenvalue weighted by atomic mass is 35.5. The van der Waals surface area contributed by atoms with Gasteiger partial charge in [-0.15, -0.1) is 36.2 Å². The maximum Gasteiger partial charge on any atom is 0.0328 e. The van der Waals surface area contributed by atoms with E-state index in [0.717, 1.165) is 19.0 Å². The molecule has 1 aliphatic heterocycles. The molecule has 16 heavy (non-hydrogen) atoms. The molecule has 1 saturated carbocycles. The maximum absolute atomic E-state index is 6.16. The van der Waals surface area contributed by atoms with Crippen LogP contribution in [0.3, 0.4) is 0 Å². The predicted octanol–water partition coefficient (Wildman–Crippen LogP) is 2.43. The van der Waals surface area contributed by atoms with E-state index < -0.39 is 0 Å². The molecule has 92 valence electrons. The van der Waals surface area contributed by atoms with E-state index in [2.05, 4.69) is 24.0 Å². The number of halogens is 2. The summed E-state index contributed by atoms with van der Waals surface area (Å²) < 4.78 is 0.